The highest BCUT2D eigenvalue weighted by Gasteiger charge is 2.19. The van der Waals surface area contributed by atoms with E-state index in [-0.39, 0.29) is 18.2 Å². The Hall–Kier alpha value is -3.69. The van der Waals surface area contributed by atoms with Crippen molar-refractivity contribution in [1.29, 1.82) is 0 Å². The molecule has 174 valence electrons. The maximum Gasteiger partial charge on any atom is 0.332 e. The van der Waals surface area contributed by atoms with Crippen LogP contribution in [0, 0.1) is 0 Å². The first-order chi connectivity index (χ1) is 15.9. The number of aromatic nitrogens is 4. The van der Waals surface area contributed by atoms with Gasteiger partial charge in [-0.15, -0.1) is 0 Å². The number of nitrogens with zero attached hydrogens (tertiary/aromatic N) is 5. The Labute approximate surface area is 190 Å². The molecule has 1 fully saturated rings. The molecule has 0 saturated carbocycles. The summed E-state index contributed by atoms with van der Waals surface area (Å²) < 4.78 is 4.08. The molecule has 2 amide bonds. The predicted octanol–water partition coefficient (Wildman–Crippen LogP) is 1.05. The lowest BCUT2D eigenvalue weighted by Crippen LogP contribution is -2.37. The Morgan fingerprint density at radius 3 is 2.73 bits per heavy atom. The average molecular weight is 453 g/mol. The number of benzene rings is 1. The molecule has 0 radical (unpaired) electrons. The van der Waals surface area contributed by atoms with E-state index in [0.29, 0.717) is 37.1 Å². The van der Waals surface area contributed by atoms with E-state index in [0.717, 1.165) is 35.2 Å². The minimum atomic E-state index is -0.425. The van der Waals surface area contributed by atoms with Crippen LogP contribution in [0.1, 0.15) is 37.7 Å². The number of carbonyl (C=O) groups excluding carboxylic acids is 2. The SMILES string of the molecule is Cn1c(=O)c2c(ncn2CCCC(=O)NCc2cccc(N3CCCCC3=O)c2)n(C)c1=O. The molecule has 10 nitrogen and oxygen atoms in total. The summed E-state index contributed by atoms with van der Waals surface area (Å²) in [6.07, 6.45) is 4.85. The van der Waals surface area contributed by atoms with Gasteiger partial charge in [-0.3, -0.25) is 23.5 Å². The lowest BCUT2D eigenvalue weighted by atomic mass is 10.1. The van der Waals surface area contributed by atoms with Crippen LogP contribution in [-0.4, -0.2) is 37.0 Å². The first-order valence-corrected chi connectivity index (χ1v) is 11.1. The topological polar surface area (TPSA) is 111 Å². The fraction of sp³-hybridized carbons (Fsp3) is 0.435. The highest BCUT2D eigenvalue weighted by molar-refractivity contribution is 5.94. The van der Waals surface area contributed by atoms with E-state index in [9.17, 15) is 19.2 Å². The molecule has 0 atom stereocenters. The maximum absolute atomic E-state index is 12.5. The second kappa shape index (κ2) is 9.43. The van der Waals surface area contributed by atoms with Crippen molar-refractivity contribution in [1.82, 2.24) is 24.0 Å². The molecular formula is C23H28N6O4. The summed E-state index contributed by atoms with van der Waals surface area (Å²) in [7, 11) is 3.01. The molecule has 0 unspecified atom stereocenters. The highest BCUT2D eigenvalue weighted by Crippen LogP contribution is 2.22. The highest BCUT2D eigenvalue weighted by atomic mass is 16.2. The van der Waals surface area contributed by atoms with Gasteiger partial charge in [0.1, 0.15) is 0 Å². The molecule has 2 aromatic heterocycles. The zero-order chi connectivity index (χ0) is 23.5. The number of amides is 2. The van der Waals surface area contributed by atoms with Gasteiger partial charge in [-0.1, -0.05) is 12.1 Å². The predicted molar refractivity (Wildman–Crippen MR) is 124 cm³/mol. The maximum atomic E-state index is 12.5. The number of piperidine rings is 1. The van der Waals surface area contributed by atoms with Crippen molar-refractivity contribution in [3.05, 3.63) is 57.0 Å². The van der Waals surface area contributed by atoms with E-state index in [1.807, 2.05) is 29.2 Å². The van der Waals surface area contributed by atoms with Crippen LogP contribution >= 0.6 is 0 Å². The molecular weight excluding hydrogens is 424 g/mol. The van der Waals surface area contributed by atoms with Gasteiger partial charge in [0.15, 0.2) is 11.2 Å². The Bertz CT molecular complexity index is 1320. The Balaban J connectivity index is 1.33. The Kier molecular flexibility index (Phi) is 6.43. The average Bonchev–Trinajstić information content (AvgIpc) is 3.24. The van der Waals surface area contributed by atoms with Gasteiger partial charge in [-0.2, -0.15) is 0 Å². The Morgan fingerprint density at radius 2 is 1.94 bits per heavy atom. The van der Waals surface area contributed by atoms with E-state index in [4.69, 9.17) is 0 Å². The lowest BCUT2D eigenvalue weighted by Gasteiger charge is -2.27. The number of fused-ring (bicyclic) bond motifs is 1. The molecule has 0 spiro atoms. The normalized spacial score (nSPS) is 14.1. The number of carbonyl (C=O) groups is 2. The lowest BCUT2D eigenvalue weighted by molar-refractivity contribution is -0.121. The molecule has 1 aliphatic rings. The summed E-state index contributed by atoms with van der Waals surface area (Å²) >= 11 is 0. The summed E-state index contributed by atoms with van der Waals surface area (Å²) in [6.45, 7) is 1.55. The second-order valence-corrected chi connectivity index (χ2v) is 8.37. The Morgan fingerprint density at radius 1 is 1.12 bits per heavy atom. The molecule has 0 aliphatic carbocycles. The van der Waals surface area contributed by atoms with Crippen molar-refractivity contribution in [3.8, 4) is 0 Å². The third-order valence-electron chi connectivity index (χ3n) is 6.06. The molecule has 3 aromatic rings. The van der Waals surface area contributed by atoms with Crippen molar-refractivity contribution in [2.45, 2.75) is 45.2 Å². The van der Waals surface area contributed by atoms with Crippen LogP contribution in [0.3, 0.4) is 0 Å². The van der Waals surface area contributed by atoms with Crippen LogP contribution in [0.4, 0.5) is 5.69 Å². The monoisotopic (exact) mass is 452 g/mol. The van der Waals surface area contributed by atoms with Crippen molar-refractivity contribution in [2.75, 3.05) is 11.4 Å². The van der Waals surface area contributed by atoms with E-state index < -0.39 is 11.2 Å². The van der Waals surface area contributed by atoms with Crippen molar-refractivity contribution in [2.24, 2.45) is 14.1 Å². The van der Waals surface area contributed by atoms with Crippen molar-refractivity contribution in [3.63, 3.8) is 0 Å². The number of hydrogen-bond donors (Lipinski definition) is 1. The van der Waals surface area contributed by atoms with Crippen LogP contribution in [0.25, 0.3) is 11.2 Å². The van der Waals surface area contributed by atoms with Gasteiger partial charge in [-0.05, 0) is 37.0 Å². The molecule has 33 heavy (non-hydrogen) atoms. The quantitative estimate of drug-likeness (QED) is 0.576. The van der Waals surface area contributed by atoms with E-state index in [1.165, 1.54) is 17.9 Å². The van der Waals surface area contributed by atoms with Gasteiger partial charge in [0.05, 0.1) is 6.33 Å². The third-order valence-corrected chi connectivity index (χ3v) is 6.06. The van der Waals surface area contributed by atoms with Crippen molar-refractivity contribution >= 4 is 28.7 Å². The van der Waals surface area contributed by atoms with Crippen LogP contribution in [0.15, 0.2) is 40.2 Å². The van der Waals surface area contributed by atoms with Crippen LogP contribution in [-0.2, 0) is 36.8 Å². The van der Waals surface area contributed by atoms with E-state index >= 15 is 0 Å². The number of rotatable bonds is 7. The smallest absolute Gasteiger partial charge is 0.332 e. The molecule has 1 saturated heterocycles. The van der Waals surface area contributed by atoms with Gasteiger partial charge < -0.3 is 14.8 Å². The van der Waals surface area contributed by atoms with Gasteiger partial charge >= 0.3 is 5.69 Å². The third kappa shape index (κ3) is 4.59. The number of anilines is 1. The second-order valence-electron chi connectivity index (χ2n) is 8.37. The van der Waals surface area contributed by atoms with Crippen molar-refractivity contribution < 1.29 is 9.59 Å². The zero-order valence-corrected chi connectivity index (χ0v) is 18.9. The molecule has 10 heteroatoms. The van der Waals surface area contributed by atoms with Gasteiger partial charge in [0.2, 0.25) is 11.8 Å². The molecule has 1 aromatic carbocycles. The first-order valence-electron chi connectivity index (χ1n) is 11.1. The number of nitrogens with one attached hydrogen (secondary N) is 1. The summed E-state index contributed by atoms with van der Waals surface area (Å²) in [6, 6.07) is 7.69. The van der Waals surface area contributed by atoms with Crippen LogP contribution in [0.5, 0.6) is 0 Å². The molecule has 1 aliphatic heterocycles. The molecule has 3 heterocycles. The van der Waals surface area contributed by atoms with Crippen LogP contribution < -0.4 is 21.5 Å². The summed E-state index contributed by atoms with van der Waals surface area (Å²) in [5, 5.41) is 2.92. The standard InChI is InChI=1S/C23H28N6O4/c1-26-21-20(22(32)27(2)23(26)33)28(15-25-21)11-6-9-18(30)24-14-16-7-5-8-17(13-16)29-12-4-3-10-19(29)31/h5,7-8,13,15H,3-4,6,9-12,14H2,1-2H3,(H,24,30). The fourth-order valence-corrected chi connectivity index (χ4v) is 4.18. The van der Waals surface area contributed by atoms with Crippen LogP contribution in [0.2, 0.25) is 0 Å². The minimum absolute atomic E-state index is 0.0980. The molecule has 4 rings (SSSR count). The largest absolute Gasteiger partial charge is 0.352 e. The van der Waals surface area contributed by atoms with E-state index in [1.54, 1.807) is 11.6 Å². The number of imidazole rings is 1. The van der Waals surface area contributed by atoms with Gasteiger partial charge in [0.25, 0.3) is 5.56 Å². The molecule has 0 bridgehead atoms. The zero-order valence-electron chi connectivity index (χ0n) is 18.9. The molecule has 1 N–H and O–H groups in total. The first kappa shape index (κ1) is 22.5. The van der Waals surface area contributed by atoms with Gasteiger partial charge in [-0.25, -0.2) is 9.78 Å². The fourth-order valence-electron chi connectivity index (χ4n) is 4.18. The number of aryl methyl sites for hydroxylation is 2. The summed E-state index contributed by atoms with van der Waals surface area (Å²) in [5.74, 6) is 0.0449. The number of hydrogen-bond acceptors (Lipinski definition) is 5. The summed E-state index contributed by atoms with van der Waals surface area (Å²) in [4.78, 5) is 55.0. The summed E-state index contributed by atoms with van der Waals surface area (Å²) in [5.41, 5.74) is 1.66. The van der Waals surface area contributed by atoms with Gasteiger partial charge in [0, 0.05) is 52.3 Å². The van der Waals surface area contributed by atoms with E-state index in [2.05, 4.69) is 10.3 Å². The minimum Gasteiger partial charge on any atom is -0.352 e.